The summed E-state index contributed by atoms with van der Waals surface area (Å²) in [5.41, 5.74) is 3.87. The first kappa shape index (κ1) is 9.74. The fourth-order valence-electron chi connectivity index (χ4n) is 1.40. The van der Waals surface area contributed by atoms with Gasteiger partial charge in [-0.05, 0) is 0 Å². The van der Waals surface area contributed by atoms with E-state index in [9.17, 15) is 0 Å². The van der Waals surface area contributed by atoms with Gasteiger partial charge in [-0.3, -0.25) is 0 Å². The fraction of sp³-hybridized carbons (Fsp3) is 0. The van der Waals surface area contributed by atoms with Crippen molar-refractivity contribution in [3.63, 3.8) is 0 Å². The molecule has 64 valence electrons. The number of hydrogen-bond donors (Lipinski definition) is 0. The molecule has 0 heterocycles. The van der Waals surface area contributed by atoms with E-state index >= 15 is 0 Å². The van der Waals surface area contributed by atoms with Crippen LogP contribution in [0.3, 0.4) is 0 Å². The van der Waals surface area contributed by atoms with Crippen LogP contribution < -0.4 is 0 Å². The second kappa shape index (κ2) is 4.62. The first-order valence-corrected chi connectivity index (χ1v) is 5.98. The summed E-state index contributed by atoms with van der Waals surface area (Å²) in [6.45, 7) is 0. The summed E-state index contributed by atoms with van der Waals surface area (Å²) in [5, 5.41) is 0. The standard InChI is InChI=1S/C13H10.Zr/c1-11-7-9-13(10-8-11)12-5-3-2-4-6-12;/h1-10H;/q;+2. The Kier molecular flexibility index (Phi) is 3.21. The van der Waals surface area contributed by atoms with Crippen LogP contribution in [0.1, 0.15) is 5.56 Å². The molecule has 2 rings (SSSR count). The van der Waals surface area contributed by atoms with Crippen LogP contribution in [0.2, 0.25) is 0 Å². The molecule has 0 fully saturated rings. The van der Waals surface area contributed by atoms with Crippen LogP contribution in [0.4, 0.5) is 0 Å². The van der Waals surface area contributed by atoms with Gasteiger partial charge < -0.3 is 0 Å². The van der Waals surface area contributed by atoms with Crippen LogP contribution in [-0.2, 0) is 24.2 Å². The summed E-state index contributed by atoms with van der Waals surface area (Å²) in [7, 11) is 0. The molecule has 0 N–H and O–H groups in total. The predicted octanol–water partition coefficient (Wildman–Crippen LogP) is 3.05. The van der Waals surface area contributed by atoms with Gasteiger partial charge in [0.1, 0.15) is 0 Å². The van der Waals surface area contributed by atoms with Gasteiger partial charge in [0, 0.05) is 0 Å². The molecule has 0 saturated heterocycles. The summed E-state index contributed by atoms with van der Waals surface area (Å²) in [4.78, 5) is 0. The topological polar surface area (TPSA) is 0 Å². The fourth-order valence-corrected chi connectivity index (χ4v) is 1.88. The average Bonchev–Trinajstić information content (AvgIpc) is 2.30. The Morgan fingerprint density at radius 3 is 1.86 bits per heavy atom. The number of rotatable bonds is 2. The van der Waals surface area contributed by atoms with E-state index in [4.69, 9.17) is 0 Å². The predicted molar refractivity (Wildman–Crippen MR) is 57.0 cm³/mol. The summed E-state index contributed by atoms with van der Waals surface area (Å²) < 4.78 is 2.20. The maximum atomic E-state index is 2.20. The second-order valence-electron chi connectivity index (χ2n) is 3.13. The third-order valence-corrected chi connectivity index (χ3v) is 3.00. The second-order valence-corrected chi connectivity index (χ2v) is 3.84. The van der Waals surface area contributed by atoms with E-state index < -0.39 is 0 Å². The maximum absolute atomic E-state index is 2.20. The third kappa shape index (κ3) is 2.16. The van der Waals surface area contributed by atoms with Crippen molar-refractivity contribution >= 4 is 3.71 Å². The van der Waals surface area contributed by atoms with E-state index in [2.05, 4.69) is 52.2 Å². The molecule has 0 bridgehead atoms. The van der Waals surface area contributed by atoms with Crippen molar-refractivity contribution in [1.29, 1.82) is 0 Å². The Hall–Kier alpha value is -0.807. The molecule has 0 aliphatic rings. The average molecular weight is 257 g/mol. The molecule has 0 nitrogen and oxygen atoms in total. The van der Waals surface area contributed by atoms with E-state index in [1.54, 1.807) is 0 Å². The van der Waals surface area contributed by atoms with Crippen LogP contribution in [0, 0.1) is 0 Å². The summed E-state index contributed by atoms with van der Waals surface area (Å²) in [6, 6.07) is 19.1. The van der Waals surface area contributed by atoms with E-state index in [1.807, 2.05) is 6.07 Å². The number of benzene rings is 2. The van der Waals surface area contributed by atoms with Gasteiger partial charge in [0.15, 0.2) is 0 Å². The molecule has 14 heavy (non-hydrogen) atoms. The molecule has 0 aliphatic heterocycles. The summed E-state index contributed by atoms with van der Waals surface area (Å²) in [6.07, 6.45) is 0. The summed E-state index contributed by atoms with van der Waals surface area (Å²) >= 11 is 1.45. The Labute approximate surface area is 98.9 Å². The van der Waals surface area contributed by atoms with Crippen molar-refractivity contribution in [2.24, 2.45) is 0 Å². The normalized spacial score (nSPS) is 9.86. The van der Waals surface area contributed by atoms with Crippen molar-refractivity contribution in [3.8, 4) is 11.1 Å². The van der Waals surface area contributed by atoms with Gasteiger partial charge in [-0.1, -0.05) is 0 Å². The molecule has 0 saturated carbocycles. The molecular formula is C13H10Zr+2. The molecule has 2 aromatic rings. The molecule has 0 atom stereocenters. The first-order valence-electron chi connectivity index (χ1n) is 4.56. The third-order valence-electron chi connectivity index (χ3n) is 2.18. The van der Waals surface area contributed by atoms with Gasteiger partial charge in [-0.15, -0.1) is 0 Å². The van der Waals surface area contributed by atoms with Gasteiger partial charge >= 0.3 is 99.2 Å². The van der Waals surface area contributed by atoms with Crippen LogP contribution in [-0.4, -0.2) is 3.71 Å². The molecular weight excluding hydrogens is 247 g/mol. The van der Waals surface area contributed by atoms with E-state index in [0.717, 1.165) is 0 Å². The Morgan fingerprint density at radius 2 is 1.29 bits per heavy atom. The summed E-state index contributed by atoms with van der Waals surface area (Å²) in [5.74, 6) is 0. The van der Waals surface area contributed by atoms with Gasteiger partial charge in [0.2, 0.25) is 0 Å². The van der Waals surface area contributed by atoms with Crippen molar-refractivity contribution in [2.75, 3.05) is 0 Å². The zero-order chi connectivity index (χ0) is 9.80. The quantitative estimate of drug-likeness (QED) is 0.776. The Balaban J connectivity index is 2.39. The van der Waals surface area contributed by atoms with Crippen LogP contribution in [0.5, 0.6) is 0 Å². The molecule has 0 aliphatic carbocycles. The van der Waals surface area contributed by atoms with Crippen molar-refractivity contribution in [3.05, 3.63) is 60.2 Å². The molecule has 0 radical (unpaired) electrons. The van der Waals surface area contributed by atoms with Gasteiger partial charge in [0.05, 0.1) is 0 Å². The molecule has 1 heteroatoms. The van der Waals surface area contributed by atoms with Crippen LogP contribution >= 0.6 is 0 Å². The number of hydrogen-bond acceptors (Lipinski definition) is 0. The van der Waals surface area contributed by atoms with E-state index in [-0.39, 0.29) is 0 Å². The zero-order valence-corrected chi connectivity index (χ0v) is 10.2. The molecule has 0 amide bonds. The van der Waals surface area contributed by atoms with Gasteiger partial charge in [0.25, 0.3) is 0 Å². The molecule has 0 aromatic heterocycles. The monoisotopic (exact) mass is 256 g/mol. The minimum atomic E-state index is 1.28. The molecule has 0 spiro atoms. The zero-order valence-electron chi connectivity index (χ0n) is 7.77. The Bertz CT molecular complexity index is 415. The SMILES string of the molecule is [Zr+2]=[CH]c1ccc(-c2ccccc2)cc1. The molecule has 2 aromatic carbocycles. The minimum absolute atomic E-state index is 1.28. The molecule has 0 unspecified atom stereocenters. The van der Waals surface area contributed by atoms with Gasteiger partial charge in [-0.2, -0.15) is 0 Å². The Morgan fingerprint density at radius 1 is 0.714 bits per heavy atom. The van der Waals surface area contributed by atoms with Gasteiger partial charge in [-0.25, -0.2) is 0 Å². The van der Waals surface area contributed by atoms with E-state index in [1.165, 1.54) is 40.9 Å². The van der Waals surface area contributed by atoms with E-state index in [0.29, 0.717) is 0 Å². The van der Waals surface area contributed by atoms with Crippen LogP contribution in [0.15, 0.2) is 54.6 Å². The van der Waals surface area contributed by atoms with Crippen LogP contribution in [0.25, 0.3) is 11.1 Å². The van der Waals surface area contributed by atoms with Crippen molar-refractivity contribution in [1.82, 2.24) is 0 Å². The van der Waals surface area contributed by atoms with Crippen molar-refractivity contribution < 1.29 is 24.2 Å². The van der Waals surface area contributed by atoms with Crippen molar-refractivity contribution in [2.45, 2.75) is 0 Å². The first-order chi connectivity index (χ1) is 6.90.